The summed E-state index contributed by atoms with van der Waals surface area (Å²) >= 11 is 3.23. The van der Waals surface area contributed by atoms with Gasteiger partial charge in [-0.25, -0.2) is 4.79 Å². The molecule has 0 saturated heterocycles. The van der Waals surface area contributed by atoms with E-state index in [0.29, 0.717) is 11.3 Å². The van der Waals surface area contributed by atoms with Gasteiger partial charge in [0.1, 0.15) is 0 Å². The van der Waals surface area contributed by atoms with Crippen molar-refractivity contribution in [2.24, 2.45) is 0 Å². The van der Waals surface area contributed by atoms with Crippen molar-refractivity contribution in [3.63, 3.8) is 0 Å². The summed E-state index contributed by atoms with van der Waals surface area (Å²) in [6, 6.07) is 5.04. The maximum Gasteiger partial charge on any atom is 0.382 e. The van der Waals surface area contributed by atoms with Crippen molar-refractivity contribution >= 4 is 27.6 Å². The highest BCUT2D eigenvalue weighted by molar-refractivity contribution is 9.10. The first kappa shape index (κ1) is 9.62. The van der Waals surface area contributed by atoms with Crippen molar-refractivity contribution in [3.05, 3.63) is 28.2 Å². The molecule has 1 rings (SSSR count). The van der Waals surface area contributed by atoms with Gasteiger partial charge in [0, 0.05) is 21.6 Å². The quantitative estimate of drug-likeness (QED) is 0.533. The molecule has 1 aromatic rings. The molecule has 0 atom stereocenters. The summed E-state index contributed by atoms with van der Waals surface area (Å²) in [5.74, 6) is 3.33. The van der Waals surface area contributed by atoms with E-state index in [-0.39, 0.29) is 0 Å². The summed E-state index contributed by atoms with van der Waals surface area (Å²) in [7, 11) is 0. The van der Waals surface area contributed by atoms with E-state index >= 15 is 0 Å². The first-order valence-corrected chi connectivity index (χ1v) is 4.19. The Morgan fingerprint density at radius 3 is 2.85 bits per heavy atom. The molecule has 66 valence electrons. The number of nitrogens with two attached hydrogens (primary N) is 1. The van der Waals surface area contributed by atoms with Crippen molar-refractivity contribution in [1.82, 2.24) is 0 Å². The number of carbonyl (C=O) groups is 1. The molecule has 0 aromatic heterocycles. The zero-order valence-electron chi connectivity index (χ0n) is 6.54. The molecule has 0 amide bonds. The molecule has 0 aliphatic rings. The zero-order valence-corrected chi connectivity index (χ0v) is 8.13. The summed E-state index contributed by atoms with van der Waals surface area (Å²) in [6.45, 7) is 0. The van der Waals surface area contributed by atoms with Crippen LogP contribution < -0.4 is 5.73 Å². The molecule has 0 spiro atoms. The number of carboxylic acids is 1. The first-order valence-electron chi connectivity index (χ1n) is 3.39. The van der Waals surface area contributed by atoms with Crippen LogP contribution in [0.15, 0.2) is 22.7 Å². The van der Waals surface area contributed by atoms with Crippen molar-refractivity contribution in [2.45, 2.75) is 0 Å². The molecule has 3 nitrogen and oxygen atoms in total. The third kappa shape index (κ3) is 2.80. The molecular formula is C9H6BrNO2. The van der Waals surface area contributed by atoms with Crippen LogP contribution in [0.1, 0.15) is 5.56 Å². The van der Waals surface area contributed by atoms with E-state index in [1.165, 1.54) is 0 Å². The smallest absolute Gasteiger partial charge is 0.382 e. The van der Waals surface area contributed by atoms with Crippen molar-refractivity contribution < 1.29 is 9.90 Å². The van der Waals surface area contributed by atoms with Crippen LogP contribution in [0.4, 0.5) is 5.69 Å². The van der Waals surface area contributed by atoms with E-state index in [0.717, 1.165) is 4.47 Å². The number of aliphatic carboxylic acids is 1. The van der Waals surface area contributed by atoms with E-state index in [2.05, 4.69) is 21.9 Å². The minimum atomic E-state index is -1.16. The molecule has 4 heteroatoms. The predicted octanol–water partition coefficient (Wildman–Crippen LogP) is 1.47. The average molecular weight is 240 g/mol. The topological polar surface area (TPSA) is 63.3 Å². The Bertz CT molecular complexity index is 404. The van der Waals surface area contributed by atoms with Gasteiger partial charge in [-0.15, -0.1) is 0 Å². The number of halogens is 1. The van der Waals surface area contributed by atoms with Gasteiger partial charge in [0.2, 0.25) is 0 Å². The molecule has 0 saturated carbocycles. The molecule has 1 aromatic carbocycles. The highest BCUT2D eigenvalue weighted by atomic mass is 79.9. The maximum absolute atomic E-state index is 10.1. The average Bonchev–Trinajstić information content (AvgIpc) is 2.06. The lowest BCUT2D eigenvalue weighted by atomic mass is 10.2. The molecule has 3 N–H and O–H groups in total. The highest BCUT2D eigenvalue weighted by Crippen LogP contribution is 2.18. The fourth-order valence-electron chi connectivity index (χ4n) is 0.759. The van der Waals surface area contributed by atoms with Crippen LogP contribution >= 0.6 is 15.9 Å². The normalized spacial score (nSPS) is 8.69. The van der Waals surface area contributed by atoms with Crippen LogP contribution in [0.5, 0.6) is 0 Å². The predicted molar refractivity (Wildman–Crippen MR) is 53.1 cm³/mol. The molecule has 0 unspecified atom stereocenters. The Morgan fingerprint density at radius 1 is 1.54 bits per heavy atom. The second-order valence-corrected chi connectivity index (χ2v) is 3.15. The van der Waals surface area contributed by atoms with Crippen LogP contribution in [0.25, 0.3) is 0 Å². The van der Waals surface area contributed by atoms with E-state index < -0.39 is 5.97 Å². The van der Waals surface area contributed by atoms with E-state index in [9.17, 15) is 4.79 Å². The van der Waals surface area contributed by atoms with Gasteiger partial charge >= 0.3 is 5.97 Å². The Hall–Kier alpha value is -1.47. The third-order valence-electron chi connectivity index (χ3n) is 1.29. The molecule has 0 fully saturated rings. The number of hydrogen-bond donors (Lipinski definition) is 2. The lowest BCUT2D eigenvalue weighted by Gasteiger charge is -1.96. The highest BCUT2D eigenvalue weighted by Gasteiger charge is 1.96. The second-order valence-electron chi connectivity index (χ2n) is 2.29. The number of hydrogen-bond acceptors (Lipinski definition) is 2. The SMILES string of the molecule is Nc1ccc(Br)c(C#CC(=O)O)c1. The Balaban J connectivity index is 3.09. The summed E-state index contributed by atoms with van der Waals surface area (Å²) in [5.41, 5.74) is 6.62. The van der Waals surface area contributed by atoms with Gasteiger partial charge in [-0.1, -0.05) is 5.92 Å². The van der Waals surface area contributed by atoms with Gasteiger partial charge in [0.05, 0.1) is 0 Å². The summed E-state index contributed by atoms with van der Waals surface area (Å²) in [6.07, 6.45) is 0. The lowest BCUT2D eigenvalue weighted by Crippen LogP contribution is -1.89. The fraction of sp³-hybridized carbons (Fsp3) is 0. The number of anilines is 1. The van der Waals surface area contributed by atoms with Gasteiger partial charge in [-0.2, -0.15) is 0 Å². The summed E-state index contributed by atoms with van der Waals surface area (Å²) < 4.78 is 0.732. The van der Waals surface area contributed by atoms with Gasteiger partial charge in [-0.05, 0) is 34.1 Å². The minimum absolute atomic E-state index is 0.554. The monoisotopic (exact) mass is 239 g/mol. The van der Waals surface area contributed by atoms with Crippen LogP contribution in [0, 0.1) is 11.8 Å². The largest absolute Gasteiger partial charge is 0.472 e. The molecular weight excluding hydrogens is 234 g/mol. The molecule has 0 bridgehead atoms. The number of nitrogen functional groups attached to an aromatic ring is 1. The van der Waals surface area contributed by atoms with Crippen LogP contribution in [0.3, 0.4) is 0 Å². The summed E-state index contributed by atoms with van der Waals surface area (Å²) in [5, 5.41) is 8.31. The van der Waals surface area contributed by atoms with Crippen LogP contribution in [0.2, 0.25) is 0 Å². The molecule has 0 aliphatic carbocycles. The summed E-state index contributed by atoms with van der Waals surface area (Å²) in [4.78, 5) is 10.1. The van der Waals surface area contributed by atoms with Crippen LogP contribution in [-0.4, -0.2) is 11.1 Å². The van der Waals surface area contributed by atoms with Crippen molar-refractivity contribution in [3.8, 4) is 11.8 Å². The zero-order chi connectivity index (χ0) is 9.84. The Labute approximate surface area is 83.7 Å². The lowest BCUT2D eigenvalue weighted by molar-refractivity contribution is -0.130. The van der Waals surface area contributed by atoms with Gasteiger partial charge in [-0.3, -0.25) is 0 Å². The Morgan fingerprint density at radius 2 is 2.23 bits per heavy atom. The maximum atomic E-state index is 10.1. The second kappa shape index (κ2) is 3.97. The van der Waals surface area contributed by atoms with Gasteiger partial charge in [0.25, 0.3) is 0 Å². The van der Waals surface area contributed by atoms with E-state index in [1.807, 2.05) is 5.92 Å². The number of rotatable bonds is 0. The van der Waals surface area contributed by atoms with Crippen molar-refractivity contribution in [1.29, 1.82) is 0 Å². The molecule has 0 aliphatic heterocycles. The van der Waals surface area contributed by atoms with Crippen LogP contribution in [-0.2, 0) is 4.79 Å². The standard InChI is InChI=1S/C9H6BrNO2/c10-8-3-2-7(11)5-6(8)1-4-9(12)13/h2-3,5H,11H2,(H,12,13). The van der Waals surface area contributed by atoms with E-state index in [4.69, 9.17) is 10.8 Å². The number of carboxylic acid groups (broad SMARTS) is 1. The molecule has 13 heavy (non-hydrogen) atoms. The third-order valence-corrected chi connectivity index (χ3v) is 1.99. The number of benzene rings is 1. The van der Waals surface area contributed by atoms with Gasteiger partial charge in [0.15, 0.2) is 0 Å². The van der Waals surface area contributed by atoms with Gasteiger partial charge < -0.3 is 10.8 Å². The van der Waals surface area contributed by atoms with E-state index in [1.54, 1.807) is 18.2 Å². The van der Waals surface area contributed by atoms with Crippen molar-refractivity contribution in [2.75, 3.05) is 5.73 Å². The molecule has 0 heterocycles. The minimum Gasteiger partial charge on any atom is -0.472 e. The Kier molecular flexibility index (Phi) is 2.93. The first-order chi connectivity index (χ1) is 6.09. The fourth-order valence-corrected chi connectivity index (χ4v) is 1.11. The molecule has 0 radical (unpaired) electrons.